The van der Waals surface area contributed by atoms with Gasteiger partial charge in [0.2, 0.25) is 0 Å². The van der Waals surface area contributed by atoms with Gasteiger partial charge in [0.25, 0.3) is 0 Å². The van der Waals surface area contributed by atoms with Crippen molar-refractivity contribution in [2.75, 3.05) is 7.11 Å². The summed E-state index contributed by atoms with van der Waals surface area (Å²) < 4.78 is 11.0. The minimum absolute atomic E-state index is 0.325. The third kappa shape index (κ3) is 2.47. The molecule has 0 unspecified atom stereocenters. The number of benzene rings is 1. The first-order valence-corrected chi connectivity index (χ1v) is 5.58. The first kappa shape index (κ1) is 11.3. The second-order valence-corrected chi connectivity index (χ2v) is 4.74. The Balaban J connectivity index is 2.29. The smallest absolute Gasteiger partial charge is 0.161 e. The van der Waals surface area contributed by atoms with Gasteiger partial charge >= 0.3 is 0 Å². The van der Waals surface area contributed by atoms with E-state index >= 15 is 0 Å². The van der Waals surface area contributed by atoms with Crippen molar-refractivity contribution in [1.82, 2.24) is 0 Å². The van der Waals surface area contributed by atoms with Gasteiger partial charge in [0, 0.05) is 0 Å². The van der Waals surface area contributed by atoms with E-state index in [9.17, 15) is 5.11 Å². The molecule has 2 rings (SSSR count). The van der Waals surface area contributed by atoms with E-state index in [-0.39, 0.29) is 0 Å². The maximum absolute atomic E-state index is 9.93. The molecule has 3 heteroatoms. The van der Waals surface area contributed by atoms with Gasteiger partial charge in [-0.2, -0.15) is 0 Å². The SMILES string of the molecule is COc1ccc(C(C)(C)O)cc1OC1CC1. The van der Waals surface area contributed by atoms with Crippen LogP contribution < -0.4 is 9.47 Å². The van der Waals surface area contributed by atoms with Crippen LogP contribution in [0.15, 0.2) is 18.2 Å². The molecule has 0 heterocycles. The summed E-state index contributed by atoms with van der Waals surface area (Å²) in [5.74, 6) is 1.45. The van der Waals surface area contributed by atoms with Crippen molar-refractivity contribution in [2.45, 2.75) is 38.4 Å². The molecule has 0 aliphatic heterocycles. The number of methoxy groups -OCH3 is 1. The van der Waals surface area contributed by atoms with Crippen molar-refractivity contribution in [3.8, 4) is 11.5 Å². The standard InChI is InChI=1S/C13H18O3/c1-13(2,14)9-4-7-11(15-3)12(8-9)16-10-5-6-10/h4,7-8,10,14H,5-6H2,1-3H3. The molecule has 0 amide bonds. The Kier molecular flexibility index (Phi) is 2.80. The average molecular weight is 222 g/mol. The van der Waals surface area contributed by atoms with Gasteiger partial charge in [-0.1, -0.05) is 6.07 Å². The van der Waals surface area contributed by atoms with E-state index in [1.807, 2.05) is 18.2 Å². The van der Waals surface area contributed by atoms with Crippen molar-refractivity contribution in [2.24, 2.45) is 0 Å². The molecule has 1 aromatic carbocycles. The van der Waals surface area contributed by atoms with Crippen LogP contribution >= 0.6 is 0 Å². The number of hydrogen-bond acceptors (Lipinski definition) is 3. The first-order valence-electron chi connectivity index (χ1n) is 5.58. The Morgan fingerprint density at radius 2 is 1.94 bits per heavy atom. The molecule has 88 valence electrons. The van der Waals surface area contributed by atoms with Gasteiger partial charge in [0.1, 0.15) is 0 Å². The fraction of sp³-hybridized carbons (Fsp3) is 0.538. The molecule has 0 radical (unpaired) electrons. The van der Waals surface area contributed by atoms with Crippen LogP contribution in [0, 0.1) is 0 Å². The summed E-state index contributed by atoms with van der Waals surface area (Å²) in [6.45, 7) is 3.52. The molecule has 0 atom stereocenters. The second-order valence-electron chi connectivity index (χ2n) is 4.74. The van der Waals surface area contributed by atoms with Crippen molar-refractivity contribution >= 4 is 0 Å². The lowest BCUT2D eigenvalue weighted by Crippen LogP contribution is -2.15. The highest BCUT2D eigenvalue weighted by Crippen LogP contribution is 2.36. The summed E-state index contributed by atoms with van der Waals surface area (Å²) in [5, 5.41) is 9.93. The second kappa shape index (κ2) is 3.98. The van der Waals surface area contributed by atoms with Gasteiger partial charge in [-0.15, -0.1) is 0 Å². The van der Waals surface area contributed by atoms with Crippen LogP contribution in [0.1, 0.15) is 32.3 Å². The van der Waals surface area contributed by atoms with Gasteiger partial charge in [-0.25, -0.2) is 0 Å². The fourth-order valence-corrected chi connectivity index (χ4v) is 1.51. The van der Waals surface area contributed by atoms with E-state index in [1.54, 1.807) is 21.0 Å². The van der Waals surface area contributed by atoms with Gasteiger partial charge in [0.05, 0.1) is 18.8 Å². The van der Waals surface area contributed by atoms with Crippen LogP contribution in [0.3, 0.4) is 0 Å². The molecule has 1 N–H and O–H groups in total. The molecule has 16 heavy (non-hydrogen) atoms. The summed E-state index contributed by atoms with van der Waals surface area (Å²) in [6, 6.07) is 5.56. The Bertz CT molecular complexity index is 375. The minimum Gasteiger partial charge on any atom is -0.493 e. The first-order chi connectivity index (χ1) is 7.50. The van der Waals surface area contributed by atoms with Gasteiger partial charge in [-0.3, -0.25) is 0 Å². The third-order valence-electron chi connectivity index (χ3n) is 2.69. The normalized spacial score (nSPS) is 16.0. The molecule has 1 fully saturated rings. The molecule has 0 spiro atoms. The lowest BCUT2D eigenvalue weighted by atomic mass is 9.98. The Hall–Kier alpha value is -1.22. The van der Waals surface area contributed by atoms with E-state index in [4.69, 9.17) is 9.47 Å². The predicted octanol–water partition coefficient (Wildman–Crippen LogP) is 2.46. The highest BCUT2D eigenvalue weighted by Gasteiger charge is 2.26. The molecule has 3 nitrogen and oxygen atoms in total. The summed E-state index contributed by atoms with van der Waals surface area (Å²) in [6.07, 6.45) is 2.54. The molecular formula is C13H18O3. The zero-order chi connectivity index (χ0) is 11.8. The average Bonchev–Trinajstić information content (AvgIpc) is 3.00. The zero-order valence-corrected chi connectivity index (χ0v) is 9.99. The number of rotatable bonds is 4. The molecule has 1 aliphatic carbocycles. The van der Waals surface area contributed by atoms with Crippen LogP contribution in [-0.2, 0) is 5.60 Å². The maximum atomic E-state index is 9.93. The Morgan fingerprint density at radius 3 is 2.44 bits per heavy atom. The Labute approximate surface area is 96.0 Å². The van der Waals surface area contributed by atoms with Crippen molar-refractivity contribution in [1.29, 1.82) is 0 Å². The summed E-state index contributed by atoms with van der Waals surface area (Å²) in [4.78, 5) is 0. The Morgan fingerprint density at radius 1 is 1.25 bits per heavy atom. The summed E-state index contributed by atoms with van der Waals surface area (Å²) >= 11 is 0. The number of hydrogen-bond donors (Lipinski definition) is 1. The topological polar surface area (TPSA) is 38.7 Å². The van der Waals surface area contributed by atoms with E-state index in [0.29, 0.717) is 6.10 Å². The lowest BCUT2D eigenvalue weighted by molar-refractivity contribution is 0.0781. The maximum Gasteiger partial charge on any atom is 0.161 e. The third-order valence-corrected chi connectivity index (χ3v) is 2.69. The lowest BCUT2D eigenvalue weighted by Gasteiger charge is -2.20. The van der Waals surface area contributed by atoms with Crippen LogP contribution in [0.5, 0.6) is 11.5 Å². The summed E-state index contributed by atoms with van der Waals surface area (Å²) in [5.41, 5.74) is -0.0163. The van der Waals surface area contributed by atoms with Crippen LogP contribution in [0.25, 0.3) is 0 Å². The molecular weight excluding hydrogens is 204 g/mol. The predicted molar refractivity (Wildman–Crippen MR) is 61.9 cm³/mol. The van der Waals surface area contributed by atoms with Crippen molar-refractivity contribution < 1.29 is 14.6 Å². The fourth-order valence-electron chi connectivity index (χ4n) is 1.51. The van der Waals surface area contributed by atoms with Crippen LogP contribution in [0.2, 0.25) is 0 Å². The van der Waals surface area contributed by atoms with Crippen molar-refractivity contribution in [3.05, 3.63) is 23.8 Å². The highest BCUT2D eigenvalue weighted by atomic mass is 16.5. The van der Waals surface area contributed by atoms with E-state index in [0.717, 1.165) is 29.9 Å². The van der Waals surface area contributed by atoms with Gasteiger partial charge in [-0.05, 0) is 44.4 Å². The monoisotopic (exact) mass is 222 g/mol. The quantitative estimate of drug-likeness (QED) is 0.850. The minimum atomic E-state index is -0.853. The van der Waals surface area contributed by atoms with Gasteiger partial charge < -0.3 is 14.6 Å². The van der Waals surface area contributed by atoms with Crippen LogP contribution in [-0.4, -0.2) is 18.3 Å². The summed E-state index contributed by atoms with van der Waals surface area (Å²) in [7, 11) is 1.62. The van der Waals surface area contributed by atoms with Gasteiger partial charge in [0.15, 0.2) is 11.5 Å². The molecule has 1 saturated carbocycles. The van der Waals surface area contributed by atoms with E-state index < -0.39 is 5.60 Å². The molecule has 0 saturated heterocycles. The zero-order valence-electron chi connectivity index (χ0n) is 9.99. The molecule has 0 bridgehead atoms. The van der Waals surface area contributed by atoms with E-state index in [1.165, 1.54) is 0 Å². The molecule has 1 aliphatic rings. The largest absolute Gasteiger partial charge is 0.493 e. The molecule has 1 aromatic rings. The number of aliphatic hydroxyl groups is 1. The van der Waals surface area contributed by atoms with E-state index in [2.05, 4.69) is 0 Å². The highest BCUT2D eigenvalue weighted by molar-refractivity contribution is 5.44. The van der Waals surface area contributed by atoms with Crippen LogP contribution in [0.4, 0.5) is 0 Å². The molecule has 0 aromatic heterocycles. The van der Waals surface area contributed by atoms with Crippen molar-refractivity contribution in [3.63, 3.8) is 0 Å². The number of ether oxygens (including phenoxy) is 2.